The van der Waals surface area contributed by atoms with Gasteiger partial charge in [0.15, 0.2) is 0 Å². The fourth-order valence-electron chi connectivity index (χ4n) is 2.66. The number of hydrogen-bond donors (Lipinski definition) is 0. The number of aromatic nitrogens is 1. The zero-order valence-electron chi connectivity index (χ0n) is 13.2. The second kappa shape index (κ2) is 7.00. The van der Waals surface area contributed by atoms with Crippen molar-refractivity contribution in [2.75, 3.05) is 32.8 Å². The van der Waals surface area contributed by atoms with Crippen molar-refractivity contribution in [1.29, 1.82) is 0 Å². The summed E-state index contributed by atoms with van der Waals surface area (Å²) in [6, 6.07) is 5.80. The van der Waals surface area contributed by atoms with E-state index in [0.29, 0.717) is 26.3 Å². The Balaban J connectivity index is 2.07. The Kier molecular flexibility index (Phi) is 5.31. The smallest absolute Gasteiger partial charge is 0.242 e. The lowest BCUT2D eigenvalue weighted by atomic mass is 9.99. The van der Waals surface area contributed by atoms with Crippen LogP contribution in [0, 0.1) is 0 Å². The summed E-state index contributed by atoms with van der Waals surface area (Å²) in [4.78, 5) is 21.3. The number of pyridine rings is 1. The molecule has 0 spiro atoms. The van der Waals surface area contributed by atoms with Gasteiger partial charge in [0.05, 0.1) is 31.0 Å². The summed E-state index contributed by atoms with van der Waals surface area (Å²) >= 11 is 0. The topological polar surface area (TPSA) is 45.7 Å². The Morgan fingerprint density at radius 3 is 2.67 bits per heavy atom. The minimum Gasteiger partial charge on any atom is -0.379 e. The van der Waals surface area contributed by atoms with E-state index in [-0.39, 0.29) is 5.91 Å². The third-order valence-electron chi connectivity index (χ3n) is 4.07. The Morgan fingerprint density at radius 2 is 2.10 bits per heavy atom. The van der Waals surface area contributed by atoms with Gasteiger partial charge >= 0.3 is 0 Å². The minimum absolute atomic E-state index is 0.151. The highest BCUT2D eigenvalue weighted by atomic mass is 16.5. The quantitative estimate of drug-likeness (QED) is 0.825. The van der Waals surface area contributed by atoms with Gasteiger partial charge in [-0.05, 0) is 32.9 Å². The molecular formula is C16H25N3O2. The third kappa shape index (κ3) is 3.80. The number of likely N-dealkylation sites (N-methyl/N-ethyl adjacent to an activating group) is 1. The Labute approximate surface area is 126 Å². The van der Waals surface area contributed by atoms with Gasteiger partial charge in [-0.3, -0.25) is 14.7 Å². The van der Waals surface area contributed by atoms with Crippen molar-refractivity contribution in [3.05, 3.63) is 30.1 Å². The van der Waals surface area contributed by atoms with Crippen LogP contribution in [0.25, 0.3) is 0 Å². The van der Waals surface area contributed by atoms with Crippen LogP contribution in [0.2, 0.25) is 0 Å². The second-order valence-electron chi connectivity index (χ2n) is 5.80. The standard InChI is InChI=1S/C16H25N3O2/c1-4-18(13-14-7-5-6-8-17-14)15(20)16(2,3)19-9-11-21-12-10-19/h5-8H,4,9-13H2,1-3H3. The Morgan fingerprint density at radius 1 is 1.38 bits per heavy atom. The summed E-state index contributed by atoms with van der Waals surface area (Å²) in [5, 5.41) is 0. The molecule has 0 aromatic carbocycles. The molecule has 1 aromatic rings. The fourth-order valence-corrected chi connectivity index (χ4v) is 2.66. The average Bonchev–Trinajstić information content (AvgIpc) is 2.53. The largest absolute Gasteiger partial charge is 0.379 e. The van der Waals surface area contributed by atoms with E-state index in [1.807, 2.05) is 43.9 Å². The summed E-state index contributed by atoms with van der Waals surface area (Å²) in [6.07, 6.45) is 1.76. The maximum Gasteiger partial charge on any atom is 0.242 e. The lowest BCUT2D eigenvalue weighted by Gasteiger charge is -2.42. The number of ether oxygens (including phenoxy) is 1. The summed E-state index contributed by atoms with van der Waals surface area (Å²) < 4.78 is 5.38. The van der Waals surface area contributed by atoms with Crippen LogP contribution in [0.15, 0.2) is 24.4 Å². The van der Waals surface area contributed by atoms with Crippen LogP contribution >= 0.6 is 0 Å². The first-order valence-electron chi connectivity index (χ1n) is 7.57. The van der Waals surface area contributed by atoms with Gasteiger partial charge in [0.25, 0.3) is 0 Å². The molecule has 1 aliphatic heterocycles. The normalized spacial score (nSPS) is 16.7. The number of morpholine rings is 1. The van der Waals surface area contributed by atoms with E-state index in [1.165, 1.54) is 0 Å². The molecule has 0 saturated carbocycles. The third-order valence-corrected chi connectivity index (χ3v) is 4.07. The maximum absolute atomic E-state index is 12.9. The molecule has 2 heterocycles. The van der Waals surface area contributed by atoms with Crippen LogP contribution in [-0.4, -0.2) is 59.1 Å². The van der Waals surface area contributed by atoms with E-state index < -0.39 is 5.54 Å². The lowest BCUT2D eigenvalue weighted by Crippen LogP contribution is -2.58. The van der Waals surface area contributed by atoms with Crippen molar-refractivity contribution in [3.8, 4) is 0 Å². The highest BCUT2D eigenvalue weighted by Gasteiger charge is 2.38. The highest BCUT2D eigenvalue weighted by molar-refractivity contribution is 5.85. The zero-order valence-corrected chi connectivity index (χ0v) is 13.2. The van der Waals surface area contributed by atoms with Crippen LogP contribution in [-0.2, 0) is 16.1 Å². The van der Waals surface area contributed by atoms with Gasteiger partial charge in [-0.15, -0.1) is 0 Å². The molecule has 21 heavy (non-hydrogen) atoms. The van der Waals surface area contributed by atoms with E-state index in [2.05, 4.69) is 9.88 Å². The molecule has 0 atom stereocenters. The number of carbonyl (C=O) groups excluding carboxylic acids is 1. The van der Waals surface area contributed by atoms with E-state index in [1.54, 1.807) is 6.20 Å². The van der Waals surface area contributed by atoms with Crippen LogP contribution < -0.4 is 0 Å². The SMILES string of the molecule is CCN(Cc1ccccn1)C(=O)C(C)(C)N1CCOCC1. The summed E-state index contributed by atoms with van der Waals surface area (Å²) in [6.45, 7) is 10.3. The maximum atomic E-state index is 12.9. The molecule has 1 saturated heterocycles. The molecule has 0 unspecified atom stereocenters. The molecule has 5 heteroatoms. The number of amides is 1. The molecule has 1 fully saturated rings. The summed E-state index contributed by atoms with van der Waals surface area (Å²) in [7, 11) is 0. The molecule has 1 aliphatic rings. The summed E-state index contributed by atoms with van der Waals surface area (Å²) in [5.41, 5.74) is 0.416. The monoisotopic (exact) mass is 291 g/mol. The Hall–Kier alpha value is -1.46. The van der Waals surface area contributed by atoms with Crippen molar-refractivity contribution >= 4 is 5.91 Å². The number of carbonyl (C=O) groups is 1. The molecule has 0 bridgehead atoms. The van der Waals surface area contributed by atoms with Gasteiger partial charge in [-0.2, -0.15) is 0 Å². The molecular weight excluding hydrogens is 266 g/mol. The molecule has 0 radical (unpaired) electrons. The van der Waals surface area contributed by atoms with Crippen LogP contribution in [0.1, 0.15) is 26.5 Å². The molecule has 2 rings (SSSR count). The molecule has 5 nitrogen and oxygen atoms in total. The van der Waals surface area contributed by atoms with Gasteiger partial charge in [0, 0.05) is 25.8 Å². The molecule has 1 aromatic heterocycles. The van der Waals surface area contributed by atoms with E-state index in [0.717, 1.165) is 18.8 Å². The number of nitrogens with zero attached hydrogens (tertiary/aromatic N) is 3. The lowest BCUT2D eigenvalue weighted by molar-refractivity contribution is -0.146. The second-order valence-corrected chi connectivity index (χ2v) is 5.80. The first-order valence-corrected chi connectivity index (χ1v) is 7.57. The van der Waals surface area contributed by atoms with Crippen LogP contribution in [0.4, 0.5) is 0 Å². The number of hydrogen-bond acceptors (Lipinski definition) is 4. The van der Waals surface area contributed by atoms with Gasteiger partial charge in [-0.1, -0.05) is 6.07 Å². The van der Waals surface area contributed by atoms with Crippen molar-refractivity contribution in [3.63, 3.8) is 0 Å². The van der Waals surface area contributed by atoms with Crippen molar-refractivity contribution in [1.82, 2.24) is 14.8 Å². The highest BCUT2D eigenvalue weighted by Crippen LogP contribution is 2.20. The first-order chi connectivity index (χ1) is 10.1. The average molecular weight is 291 g/mol. The minimum atomic E-state index is -0.505. The van der Waals surface area contributed by atoms with Gasteiger partial charge < -0.3 is 9.64 Å². The van der Waals surface area contributed by atoms with Crippen molar-refractivity contribution in [2.24, 2.45) is 0 Å². The molecule has 0 aliphatic carbocycles. The predicted octanol–water partition coefficient (Wildman–Crippen LogP) is 1.54. The Bertz CT molecular complexity index is 456. The predicted molar refractivity (Wildman–Crippen MR) is 81.8 cm³/mol. The van der Waals surface area contributed by atoms with Gasteiger partial charge in [0.1, 0.15) is 0 Å². The number of rotatable bonds is 5. The fraction of sp³-hybridized carbons (Fsp3) is 0.625. The zero-order chi connectivity index (χ0) is 15.3. The van der Waals surface area contributed by atoms with Gasteiger partial charge in [-0.25, -0.2) is 0 Å². The van der Waals surface area contributed by atoms with Crippen LogP contribution in [0.3, 0.4) is 0 Å². The van der Waals surface area contributed by atoms with E-state index in [9.17, 15) is 4.79 Å². The van der Waals surface area contributed by atoms with Crippen molar-refractivity contribution in [2.45, 2.75) is 32.9 Å². The molecule has 1 amide bonds. The van der Waals surface area contributed by atoms with Crippen LogP contribution in [0.5, 0.6) is 0 Å². The van der Waals surface area contributed by atoms with Gasteiger partial charge in [0.2, 0.25) is 5.91 Å². The molecule has 116 valence electrons. The first kappa shape index (κ1) is 15.9. The summed E-state index contributed by atoms with van der Waals surface area (Å²) in [5.74, 6) is 0.151. The molecule has 0 N–H and O–H groups in total. The van der Waals surface area contributed by atoms with Crippen molar-refractivity contribution < 1.29 is 9.53 Å². The van der Waals surface area contributed by atoms with E-state index >= 15 is 0 Å². The van der Waals surface area contributed by atoms with E-state index in [4.69, 9.17) is 4.74 Å².